The Morgan fingerprint density at radius 3 is 1.73 bits per heavy atom. The molecule has 0 aliphatic heterocycles. The first-order chi connectivity index (χ1) is 14.8. The number of pyridine rings is 1. The Balaban J connectivity index is 1.72. The van der Waals surface area contributed by atoms with Crippen LogP contribution in [-0.4, -0.2) is 4.98 Å². The molecule has 1 heterocycles. The van der Waals surface area contributed by atoms with Crippen molar-refractivity contribution in [1.29, 1.82) is 0 Å². The van der Waals surface area contributed by atoms with Gasteiger partial charge < -0.3 is 14.4 Å². The van der Waals surface area contributed by atoms with Crippen LogP contribution in [-0.2, 0) is 0 Å². The predicted molar refractivity (Wildman–Crippen MR) is 123 cm³/mol. The van der Waals surface area contributed by atoms with Crippen LogP contribution in [0.5, 0.6) is 11.5 Å². The lowest BCUT2D eigenvalue weighted by Crippen LogP contribution is -2.16. The molecule has 0 radical (unpaired) electrons. The maximum Gasteiger partial charge on any atom is 0.321 e. The third-order valence-corrected chi connectivity index (χ3v) is 5.95. The van der Waals surface area contributed by atoms with E-state index in [4.69, 9.17) is 14.0 Å². The van der Waals surface area contributed by atoms with Gasteiger partial charge in [-0.05, 0) is 55.5 Å². The van der Waals surface area contributed by atoms with Crippen molar-refractivity contribution in [3.05, 3.63) is 121 Å². The zero-order valence-electron chi connectivity index (χ0n) is 16.7. The molecule has 150 valence electrons. The summed E-state index contributed by atoms with van der Waals surface area (Å²) >= 11 is 0. The zero-order chi connectivity index (χ0) is 20.6. The van der Waals surface area contributed by atoms with Gasteiger partial charge in [-0.25, -0.2) is 0 Å². The van der Waals surface area contributed by atoms with Gasteiger partial charge >= 0.3 is 8.38 Å². The highest BCUT2D eigenvalue weighted by Gasteiger charge is 2.31. The second kappa shape index (κ2) is 9.91. The van der Waals surface area contributed by atoms with Crippen LogP contribution in [0.2, 0.25) is 0 Å². The number of hydrogen-bond donors (Lipinski definition) is 1. The van der Waals surface area contributed by atoms with Gasteiger partial charge in [0.25, 0.3) is 0 Å². The van der Waals surface area contributed by atoms with Crippen LogP contribution in [0.3, 0.4) is 0 Å². The zero-order valence-corrected chi connectivity index (χ0v) is 17.6. The number of benzene rings is 3. The average Bonchev–Trinajstić information content (AvgIpc) is 2.79. The molecule has 1 atom stereocenters. The van der Waals surface area contributed by atoms with E-state index in [1.54, 1.807) is 0 Å². The van der Waals surface area contributed by atoms with Gasteiger partial charge in [0.1, 0.15) is 11.5 Å². The molecular formula is C25H23N2O2P. The summed E-state index contributed by atoms with van der Waals surface area (Å²) in [5.74, 6) is 1.24. The maximum atomic E-state index is 6.39. The van der Waals surface area contributed by atoms with E-state index in [1.807, 2.05) is 116 Å². The van der Waals surface area contributed by atoms with E-state index in [1.165, 1.54) is 0 Å². The topological polar surface area (TPSA) is 43.4 Å². The summed E-state index contributed by atoms with van der Waals surface area (Å²) < 4.78 is 12.8. The Labute approximate surface area is 178 Å². The van der Waals surface area contributed by atoms with E-state index >= 15 is 0 Å². The van der Waals surface area contributed by atoms with E-state index in [0.29, 0.717) is 0 Å². The summed E-state index contributed by atoms with van der Waals surface area (Å²) in [5, 5.41) is 3.58. The van der Waals surface area contributed by atoms with Crippen molar-refractivity contribution in [2.45, 2.75) is 12.7 Å². The first-order valence-electron chi connectivity index (χ1n) is 9.78. The molecule has 0 saturated heterocycles. The predicted octanol–water partition coefficient (Wildman–Crippen LogP) is 6.97. The van der Waals surface area contributed by atoms with Crippen molar-refractivity contribution in [3.63, 3.8) is 0 Å². The van der Waals surface area contributed by atoms with E-state index in [-0.39, 0.29) is 5.78 Å². The van der Waals surface area contributed by atoms with Gasteiger partial charge in [-0.3, -0.25) is 4.98 Å². The molecule has 0 spiro atoms. The molecule has 1 N–H and O–H groups in total. The minimum absolute atomic E-state index is 0.275. The quantitative estimate of drug-likeness (QED) is 0.316. The monoisotopic (exact) mass is 414 g/mol. The number of aryl methyl sites for hydroxylation is 1. The number of hydrogen-bond acceptors (Lipinski definition) is 4. The fourth-order valence-corrected chi connectivity index (χ4v) is 4.46. The van der Waals surface area contributed by atoms with Gasteiger partial charge in [0.2, 0.25) is 0 Å². The van der Waals surface area contributed by atoms with Crippen LogP contribution in [0.4, 0.5) is 5.69 Å². The van der Waals surface area contributed by atoms with Gasteiger partial charge in [0.15, 0.2) is 5.78 Å². The lowest BCUT2D eigenvalue weighted by atomic mass is 10.3. The first-order valence-corrected chi connectivity index (χ1v) is 11.0. The van der Waals surface area contributed by atoms with Gasteiger partial charge in [0.05, 0.1) is 5.69 Å². The van der Waals surface area contributed by atoms with Crippen molar-refractivity contribution < 1.29 is 9.05 Å². The van der Waals surface area contributed by atoms with Gasteiger partial charge in [-0.1, -0.05) is 60.7 Å². The number of rotatable bonds is 8. The third kappa shape index (κ3) is 5.37. The van der Waals surface area contributed by atoms with Crippen molar-refractivity contribution >= 4 is 14.1 Å². The molecular weight excluding hydrogens is 391 g/mol. The Morgan fingerprint density at radius 1 is 0.667 bits per heavy atom. The fraction of sp³-hybridized carbons (Fsp3) is 0.0800. The second-order valence-corrected chi connectivity index (χ2v) is 8.16. The van der Waals surface area contributed by atoms with E-state index < -0.39 is 8.38 Å². The molecule has 0 bridgehead atoms. The van der Waals surface area contributed by atoms with Crippen LogP contribution in [0.1, 0.15) is 17.2 Å². The molecule has 0 fully saturated rings. The number of anilines is 1. The van der Waals surface area contributed by atoms with Crippen molar-refractivity contribution in [3.8, 4) is 11.5 Å². The SMILES string of the molecule is Cc1cccc(C(Nc2ccccc2)P(Oc2ccccc2)Oc2ccccc2)n1. The van der Waals surface area contributed by atoms with Crippen molar-refractivity contribution in [2.75, 3.05) is 5.32 Å². The number of nitrogens with zero attached hydrogens (tertiary/aromatic N) is 1. The Morgan fingerprint density at radius 2 is 1.20 bits per heavy atom. The minimum atomic E-state index is -1.46. The van der Waals surface area contributed by atoms with Gasteiger partial charge in [-0.2, -0.15) is 0 Å². The largest absolute Gasteiger partial charge is 0.437 e. The molecule has 30 heavy (non-hydrogen) atoms. The molecule has 0 aliphatic rings. The van der Waals surface area contributed by atoms with Crippen LogP contribution in [0, 0.1) is 6.92 Å². The molecule has 1 unspecified atom stereocenters. The number of para-hydroxylation sites is 3. The summed E-state index contributed by atoms with van der Waals surface area (Å²) in [7, 11) is -1.46. The van der Waals surface area contributed by atoms with E-state index in [9.17, 15) is 0 Å². The van der Waals surface area contributed by atoms with E-state index in [2.05, 4.69) is 5.32 Å². The molecule has 4 nitrogen and oxygen atoms in total. The summed E-state index contributed by atoms with van der Waals surface area (Å²) in [4.78, 5) is 4.77. The molecule has 0 aliphatic carbocycles. The lowest BCUT2D eigenvalue weighted by molar-refractivity contribution is 0.478. The lowest BCUT2D eigenvalue weighted by Gasteiger charge is -2.28. The highest BCUT2D eigenvalue weighted by atomic mass is 31.2. The Hall–Kier alpha value is -3.36. The molecule has 1 aromatic heterocycles. The third-order valence-electron chi connectivity index (χ3n) is 4.36. The second-order valence-electron chi connectivity index (χ2n) is 6.71. The molecule has 4 rings (SSSR count). The summed E-state index contributed by atoms with van der Waals surface area (Å²) in [6.45, 7) is 1.99. The molecule has 0 amide bonds. The standard InChI is InChI=1S/C25H23N2O2P/c1-20-12-11-19-24(26-20)25(27-21-13-5-2-6-14-21)30(28-22-15-7-3-8-16-22)29-23-17-9-4-10-18-23/h2-19,25,27H,1H3. The van der Waals surface area contributed by atoms with Gasteiger partial charge in [0, 0.05) is 11.4 Å². The number of nitrogens with one attached hydrogen (secondary N) is 1. The normalized spacial score (nSPS) is 11.7. The molecule has 3 aromatic carbocycles. The van der Waals surface area contributed by atoms with Gasteiger partial charge in [-0.15, -0.1) is 0 Å². The summed E-state index contributed by atoms with van der Waals surface area (Å²) in [6, 6.07) is 35.6. The Bertz CT molecular complexity index is 1000. The molecule has 5 heteroatoms. The molecule has 4 aromatic rings. The minimum Gasteiger partial charge on any atom is -0.437 e. The van der Waals surface area contributed by atoms with Crippen LogP contribution in [0.15, 0.2) is 109 Å². The fourth-order valence-electron chi connectivity index (χ4n) is 2.94. The first kappa shape index (κ1) is 19.9. The highest BCUT2D eigenvalue weighted by molar-refractivity contribution is 7.48. The summed E-state index contributed by atoms with van der Waals surface area (Å²) in [5.41, 5.74) is 2.80. The van der Waals surface area contributed by atoms with Crippen LogP contribution >= 0.6 is 8.38 Å². The Kier molecular flexibility index (Phi) is 6.58. The average molecular weight is 414 g/mol. The van der Waals surface area contributed by atoms with Crippen LogP contribution in [0.25, 0.3) is 0 Å². The van der Waals surface area contributed by atoms with Crippen LogP contribution < -0.4 is 14.4 Å². The van der Waals surface area contributed by atoms with Crippen molar-refractivity contribution in [2.24, 2.45) is 0 Å². The summed E-state index contributed by atoms with van der Waals surface area (Å²) in [6.07, 6.45) is 0. The maximum absolute atomic E-state index is 6.39. The molecule has 0 saturated carbocycles. The highest BCUT2D eigenvalue weighted by Crippen LogP contribution is 2.52. The van der Waals surface area contributed by atoms with E-state index in [0.717, 1.165) is 28.6 Å². The number of aromatic nitrogens is 1. The smallest absolute Gasteiger partial charge is 0.321 e. The van der Waals surface area contributed by atoms with Crippen molar-refractivity contribution in [1.82, 2.24) is 4.98 Å².